The Balaban J connectivity index is 2.24. The fourth-order valence-corrected chi connectivity index (χ4v) is 2.32. The Morgan fingerprint density at radius 3 is 2.65 bits per heavy atom. The molecule has 0 aliphatic carbocycles. The highest BCUT2D eigenvalue weighted by molar-refractivity contribution is 5.54. The molecule has 2 aromatic carbocycles. The van der Waals surface area contributed by atoms with Gasteiger partial charge in [0.1, 0.15) is 0 Å². The summed E-state index contributed by atoms with van der Waals surface area (Å²) in [5, 5.41) is 8.95. The van der Waals surface area contributed by atoms with E-state index in [1.807, 2.05) is 50.4 Å². The first-order valence-electron chi connectivity index (χ1n) is 6.66. The van der Waals surface area contributed by atoms with E-state index in [4.69, 9.17) is 11.0 Å². The number of hydrogen-bond donors (Lipinski definition) is 1. The summed E-state index contributed by atoms with van der Waals surface area (Å²) in [5.41, 5.74) is 10.1. The topological polar surface area (TPSA) is 53.0 Å². The highest BCUT2D eigenvalue weighted by Crippen LogP contribution is 2.25. The zero-order valence-corrected chi connectivity index (χ0v) is 11.9. The van der Waals surface area contributed by atoms with Gasteiger partial charge in [0.25, 0.3) is 0 Å². The van der Waals surface area contributed by atoms with Gasteiger partial charge in [-0.25, -0.2) is 0 Å². The van der Waals surface area contributed by atoms with E-state index < -0.39 is 0 Å². The molecule has 3 heteroatoms. The average Bonchev–Trinajstić information content (AvgIpc) is 2.47. The minimum Gasteiger partial charge on any atom is -0.370 e. The molecule has 1 atom stereocenters. The Morgan fingerprint density at radius 2 is 1.95 bits per heavy atom. The van der Waals surface area contributed by atoms with Crippen molar-refractivity contribution in [2.24, 2.45) is 5.73 Å². The van der Waals surface area contributed by atoms with Crippen molar-refractivity contribution in [2.75, 3.05) is 11.9 Å². The number of benzene rings is 2. The van der Waals surface area contributed by atoms with Gasteiger partial charge in [-0.3, -0.25) is 0 Å². The molecule has 0 saturated carbocycles. The van der Waals surface area contributed by atoms with Crippen molar-refractivity contribution in [3.8, 4) is 6.07 Å². The molecular weight excluding hydrogens is 246 g/mol. The van der Waals surface area contributed by atoms with Crippen LogP contribution in [0.2, 0.25) is 0 Å². The highest BCUT2D eigenvalue weighted by atomic mass is 15.1. The molecule has 0 aromatic heterocycles. The van der Waals surface area contributed by atoms with Crippen LogP contribution in [-0.4, -0.2) is 7.05 Å². The number of nitrogens with zero attached hydrogens (tertiary/aromatic N) is 2. The lowest BCUT2D eigenvalue weighted by Crippen LogP contribution is -2.20. The van der Waals surface area contributed by atoms with Gasteiger partial charge in [0.05, 0.1) is 11.6 Å². The van der Waals surface area contributed by atoms with Gasteiger partial charge in [0.2, 0.25) is 0 Å². The molecule has 0 saturated heterocycles. The Hall–Kier alpha value is -2.31. The standard InChI is InChI=1S/C17H19N3/c1-13(19)16-8-3-4-9-17(16)20(2)12-15-7-5-6-14(10-15)11-18/h3-10,13H,12,19H2,1-2H3/t13-/m1/s1. The van der Waals surface area contributed by atoms with E-state index in [1.165, 1.54) is 0 Å². The maximum absolute atomic E-state index is 8.95. The molecule has 20 heavy (non-hydrogen) atoms. The molecule has 0 aliphatic rings. The summed E-state index contributed by atoms with van der Waals surface area (Å²) in [7, 11) is 2.04. The molecule has 3 nitrogen and oxygen atoms in total. The lowest BCUT2D eigenvalue weighted by Gasteiger charge is -2.24. The summed E-state index contributed by atoms with van der Waals surface area (Å²) in [6.45, 7) is 2.74. The lowest BCUT2D eigenvalue weighted by atomic mass is 10.1. The normalized spacial score (nSPS) is 11.7. The monoisotopic (exact) mass is 265 g/mol. The van der Waals surface area contributed by atoms with Gasteiger partial charge in [-0.05, 0) is 36.2 Å². The number of hydrogen-bond acceptors (Lipinski definition) is 3. The van der Waals surface area contributed by atoms with Crippen molar-refractivity contribution >= 4 is 5.69 Å². The SMILES string of the molecule is C[C@@H](N)c1ccccc1N(C)Cc1cccc(C#N)c1. The Kier molecular flexibility index (Phi) is 4.39. The van der Waals surface area contributed by atoms with Crippen molar-refractivity contribution in [2.45, 2.75) is 19.5 Å². The van der Waals surface area contributed by atoms with Crippen LogP contribution in [0, 0.1) is 11.3 Å². The van der Waals surface area contributed by atoms with Gasteiger partial charge in [-0.15, -0.1) is 0 Å². The highest BCUT2D eigenvalue weighted by Gasteiger charge is 2.10. The summed E-state index contributed by atoms with van der Waals surface area (Å²) in [6, 6.07) is 18.0. The van der Waals surface area contributed by atoms with Gasteiger partial charge in [0.15, 0.2) is 0 Å². The molecule has 0 spiro atoms. The molecule has 0 fully saturated rings. The quantitative estimate of drug-likeness (QED) is 0.923. The Morgan fingerprint density at radius 1 is 1.20 bits per heavy atom. The van der Waals surface area contributed by atoms with Crippen molar-refractivity contribution in [1.82, 2.24) is 0 Å². The second-order valence-electron chi connectivity index (χ2n) is 5.02. The molecular formula is C17H19N3. The molecule has 0 unspecified atom stereocenters. The summed E-state index contributed by atoms with van der Waals surface area (Å²) in [6.07, 6.45) is 0. The van der Waals surface area contributed by atoms with Crippen molar-refractivity contribution in [1.29, 1.82) is 5.26 Å². The molecule has 0 bridgehead atoms. The van der Waals surface area contributed by atoms with Gasteiger partial charge in [0, 0.05) is 25.3 Å². The number of para-hydroxylation sites is 1. The van der Waals surface area contributed by atoms with Crippen LogP contribution in [0.3, 0.4) is 0 Å². The van der Waals surface area contributed by atoms with Crippen molar-refractivity contribution in [3.05, 3.63) is 65.2 Å². The third kappa shape index (κ3) is 3.17. The number of nitrogens with two attached hydrogens (primary N) is 1. The minimum absolute atomic E-state index is 0.000840. The second kappa shape index (κ2) is 6.23. The van der Waals surface area contributed by atoms with Crippen LogP contribution in [0.15, 0.2) is 48.5 Å². The summed E-state index contributed by atoms with van der Waals surface area (Å²) >= 11 is 0. The predicted molar refractivity (Wildman–Crippen MR) is 82.3 cm³/mol. The van der Waals surface area contributed by atoms with Crippen LogP contribution >= 0.6 is 0 Å². The number of nitriles is 1. The maximum atomic E-state index is 8.95. The smallest absolute Gasteiger partial charge is 0.0991 e. The molecule has 0 amide bonds. The third-order valence-electron chi connectivity index (χ3n) is 3.31. The van der Waals surface area contributed by atoms with E-state index in [0.29, 0.717) is 5.56 Å². The maximum Gasteiger partial charge on any atom is 0.0991 e. The van der Waals surface area contributed by atoms with E-state index in [1.54, 1.807) is 0 Å². The summed E-state index contributed by atoms with van der Waals surface area (Å²) in [4.78, 5) is 2.16. The molecule has 102 valence electrons. The molecule has 2 N–H and O–H groups in total. The van der Waals surface area contributed by atoms with E-state index in [0.717, 1.165) is 23.4 Å². The third-order valence-corrected chi connectivity index (χ3v) is 3.31. The molecule has 0 heterocycles. The van der Waals surface area contributed by atoms with E-state index >= 15 is 0 Å². The zero-order chi connectivity index (χ0) is 14.5. The van der Waals surface area contributed by atoms with Gasteiger partial charge >= 0.3 is 0 Å². The lowest BCUT2D eigenvalue weighted by molar-refractivity contribution is 0.801. The fourth-order valence-electron chi connectivity index (χ4n) is 2.32. The first kappa shape index (κ1) is 14.1. The predicted octanol–water partition coefficient (Wildman–Crippen LogP) is 3.21. The Labute approximate surface area is 120 Å². The van der Waals surface area contributed by atoms with Crippen LogP contribution in [0.1, 0.15) is 29.7 Å². The van der Waals surface area contributed by atoms with Gasteiger partial charge in [-0.1, -0.05) is 30.3 Å². The first-order chi connectivity index (χ1) is 9.61. The zero-order valence-electron chi connectivity index (χ0n) is 11.9. The largest absolute Gasteiger partial charge is 0.370 e. The number of anilines is 1. The fraction of sp³-hybridized carbons (Fsp3) is 0.235. The van der Waals surface area contributed by atoms with Crippen LogP contribution < -0.4 is 10.6 Å². The average molecular weight is 265 g/mol. The van der Waals surface area contributed by atoms with Crippen LogP contribution in [0.25, 0.3) is 0 Å². The van der Waals surface area contributed by atoms with Crippen LogP contribution in [0.5, 0.6) is 0 Å². The van der Waals surface area contributed by atoms with Gasteiger partial charge in [-0.2, -0.15) is 5.26 Å². The van der Waals surface area contributed by atoms with Crippen molar-refractivity contribution < 1.29 is 0 Å². The van der Waals surface area contributed by atoms with E-state index in [9.17, 15) is 0 Å². The minimum atomic E-state index is -0.000840. The van der Waals surface area contributed by atoms with E-state index in [2.05, 4.69) is 23.1 Å². The second-order valence-corrected chi connectivity index (χ2v) is 5.02. The molecule has 2 aromatic rings. The number of rotatable bonds is 4. The molecule has 0 radical (unpaired) electrons. The van der Waals surface area contributed by atoms with Crippen molar-refractivity contribution in [3.63, 3.8) is 0 Å². The summed E-state index contributed by atoms with van der Waals surface area (Å²) < 4.78 is 0. The van der Waals surface area contributed by atoms with Crippen LogP contribution in [0.4, 0.5) is 5.69 Å². The Bertz CT molecular complexity index is 626. The molecule has 0 aliphatic heterocycles. The van der Waals surface area contributed by atoms with Crippen LogP contribution in [-0.2, 0) is 6.54 Å². The van der Waals surface area contributed by atoms with E-state index in [-0.39, 0.29) is 6.04 Å². The van der Waals surface area contributed by atoms with Gasteiger partial charge < -0.3 is 10.6 Å². The summed E-state index contributed by atoms with van der Waals surface area (Å²) in [5.74, 6) is 0. The molecule has 2 rings (SSSR count). The first-order valence-corrected chi connectivity index (χ1v) is 6.66.